The van der Waals surface area contributed by atoms with Gasteiger partial charge in [-0.3, -0.25) is 0 Å². The number of carbonyl (C=O) groups is 1. The number of aromatic nitrogens is 1. The quantitative estimate of drug-likeness (QED) is 0.904. The summed E-state index contributed by atoms with van der Waals surface area (Å²) in [5.74, 6) is -0.987. The highest BCUT2D eigenvalue weighted by Crippen LogP contribution is 2.37. The summed E-state index contributed by atoms with van der Waals surface area (Å²) in [6.07, 6.45) is 0. The van der Waals surface area contributed by atoms with Crippen molar-refractivity contribution in [1.82, 2.24) is 4.57 Å². The molecule has 2 aromatic rings. The van der Waals surface area contributed by atoms with Crippen molar-refractivity contribution in [2.75, 3.05) is 0 Å². The molecule has 0 atom stereocenters. The molecule has 1 N–H and O–H groups in total. The van der Waals surface area contributed by atoms with Gasteiger partial charge in [-0.2, -0.15) is 0 Å². The lowest BCUT2D eigenvalue weighted by Crippen LogP contribution is -2.06. The first-order chi connectivity index (χ1) is 8.95. The zero-order valence-corrected chi connectivity index (χ0v) is 11.9. The minimum absolute atomic E-state index is 0.140. The predicted molar refractivity (Wildman–Crippen MR) is 77.0 cm³/mol. The zero-order chi connectivity index (χ0) is 14.2. The van der Waals surface area contributed by atoms with Crippen molar-refractivity contribution < 1.29 is 9.90 Å². The highest BCUT2D eigenvalue weighted by Gasteiger charge is 2.25. The Labute approximate surface area is 117 Å². The Morgan fingerprint density at radius 2 is 1.84 bits per heavy atom. The van der Waals surface area contributed by atoms with Gasteiger partial charge in [-0.25, -0.2) is 4.79 Å². The van der Waals surface area contributed by atoms with Crippen LogP contribution in [0.4, 0.5) is 0 Å². The second-order valence-corrected chi connectivity index (χ2v) is 5.14. The molecular formula is C15H16ClNO2. The van der Waals surface area contributed by atoms with Gasteiger partial charge < -0.3 is 9.67 Å². The second kappa shape index (κ2) is 5.10. The third-order valence-corrected chi connectivity index (χ3v) is 3.54. The molecule has 1 aromatic heterocycles. The van der Waals surface area contributed by atoms with Crippen LogP contribution >= 0.6 is 11.6 Å². The standard InChI is InChI=1S/C15H16ClNO2/c1-9(2)17-10(3)12(15(18)19)13(16)14(17)11-7-5-4-6-8-11/h4-9H,1-3H3,(H,18,19). The first kappa shape index (κ1) is 13.7. The van der Waals surface area contributed by atoms with Crippen LogP contribution in [-0.2, 0) is 0 Å². The molecule has 0 saturated carbocycles. The van der Waals surface area contributed by atoms with E-state index in [1.807, 2.05) is 48.7 Å². The first-order valence-corrected chi connectivity index (χ1v) is 6.52. The SMILES string of the molecule is Cc1c(C(=O)O)c(Cl)c(-c2ccccc2)n1C(C)C. The Bertz CT molecular complexity index is 615. The minimum Gasteiger partial charge on any atom is -0.478 e. The van der Waals surface area contributed by atoms with Crippen LogP contribution < -0.4 is 0 Å². The van der Waals surface area contributed by atoms with Crippen LogP contribution in [0, 0.1) is 6.92 Å². The lowest BCUT2D eigenvalue weighted by atomic mass is 10.1. The fourth-order valence-corrected chi connectivity index (χ4v) is 2.84. The summed E-state index contributed by atoms with van der Waals surface area (Å²) < 4.78 is 1.97. The van der Waals surface area contributed by atoms with Crippen LogP contribution in [-0.4, -0.2) is 15.6 Å². The molecule has 0 unspecified atom stereocenters. The number of hydrogen-bond donors (Lipinski definition) is 1. The molecule has 0 aliphatic carbocycles. The van der Waals surface area contributed by atoms with Gasteiger partial charge in [0, 0.05) is 11.7 Å². The van der Waals surface area contributed by atoms with Crippen LogP contribution in [0.15, 0.2) is 30.3 Å². The van der Waals surface area contributed by atoms with Crippen molar-refractivity contribution >= 4 is 17.6 Å². The van der Waals surface area contributed by atoms with Gasteiger partial charge in [-0.05, 0) is 26.3 Å². The predicted octanol–water partition coefficient (Wildman–Crippen LogP) is 4.40. The molecule has 4 heteroatoms. The van der Waals surface area contributed by atoms with Crippen molar-refractivity contribution in [1.29, 1.82) is 0 Å². The van der Waals surface area contributed by atoms with E-state index in [0.29, 0.717) is 10.7 Å². The Morgan fingerprint density at radius 3 is 2.32 bits per heavy atom. The summed E-state index contributed by atoms with van der Waals surface area (Å²) in [6.45, 7) is 5.82. The topological polar surface area (TPSA) is 42.2 Å². The van der Waals surface area contributed by atoms with Crippen molar-refractivity contribution in [2.24, 2.45) is 0 Å². The third kappa shape index (κ3) is 2.26. The number of carboxylic acids is 1. The van der Waals surface area contributed by atoms with Crippen molar-refractivity contribution in [3.8, 4) is 11.3 Å². The van der Waals surface area contributed by atoms with E-state index in [1.54, 1.807) is 6.92 Å². The minimum atomic E-state index is -0.987. The van der Waals surface area contributed by atoms with Gasteiger partial charge in [-0.1, -0.05) is 41.9 Å². The lowest BCUT2D eigenvalue weighted by molar-refractivity contribution is 0.0696. The molecule has 0 radical (unpaired) electrons. The fraction of sp³-hybridized carbons (Fsp3) is 0.267. The number of hydrogen-bond acceptors (Lipinski definition) is 1. The molecule has 0 amide bonds. The van der Waals surface area contributed by atoms with Crippen LogP contribution in [0.2, 0.25) is 5.02 Å². The summed E-state index contributed by atoms with van der Waals surface area (Å²) in [5, 5.41) is 9.63. The molecule has 0 spiro atoms. The van der Waals surface area contributed by atoms with E-state index in [0.717, 1.165) is 11.3 Å². The van der Waals surface area contributed by atoms with Crippen molar-refractivity contribution in [2.45, 2.75) is 26.8 Å². The van der Waals surface area contributed by atoms with Crippen LogP contribution in [0.5, 0.6) is 0 Å². The van der Waals surface area contributed by atoms with E-state index in [2.05, 4.69) is 0 Å². The number of rotatable bonds is 3. The largest absolute Gasteiger partial charge is 0.478 e. The molecule has 1 heterocycles. The molecule has 0 saturated heterocycles. The zero-order valence-electron chi connectivity index (χ0n) is 11.1. The molecule has 19 heavy (non-hydrogen) atoms. The van der Waals surface area contributed by atoms with Gasteiger partial charge >= 0.3 is 5.97 Å². The molecule has 100 valence electrons. The molecule has 2 rings (SSSR count). The smallest absolute Gasteiger partial charge is 0.339 e. The first-order valence-electron chi connectivity index (χ1n) is 6.14. The van der Waals surface area contributed by atoms with Crippen LogP contribution in [0.25, 0.3) is 11.3 Å². The van der Waals surface area contributed by atoms with Crippen LogP contribution in [0.3, 0.4) is 0 Å². The Morgan fingerprint density at radius 1 is 1.26 bits per heavy atom. The Kier molecular flexibility index (Phi) is 3.67. The van der Waals surface area contributed by atoms with Crippen LogP contribution in [0.1, 0.15) is 35.9 Å². The third-order valence-electron chi connectivity index (χ3n) is 3.17. The van der Waals surface area contributed by atoms with E-state index in [4.69, 9.17) is 11.6 Å². The molecular weight excluding hydrogens is 262 g/mol. The summed E-state index contributed by atoms with van der Waals surface area (Å²) in [4.78, 5) is 11.4. The van der Waals surface area contributed by atoms with Crippen molar-refractivity contribution in [3.63, 3.8) is 0 Å². The Balaban J connectivity index is 2.80. The van der Waals surface area contributed by atoms with Gasteiger partial charge in [0.25, 0.3) is 0 Å². The number of carboxylic acid groups (broad SMARTS) is 1. The lowest BCUT2D eigenvalue weighted by Gasteiger charge is -2.15. The summed E-state index contributed by atoms with van der Waals surface area (Å²) in [6, 6.07) is 9.76. The maximum Gasteiger partial charge on any atom is 0.339 e. The van der Waals surface area contributed by atoms with E-state index in [-0.39, 0.29) is 11.6 Å². The molecule has 0 fully saturated rings. The average molecular weight is 278 g/mol. The number of aromatic carboxylic acids is 1. The Hall–Kier alpha value is -1.74. The summed E-state index contributed by atoms with van der Waals surface area (Å²) in [5.41, 5.74) is 2.57. The van der Waals surface area contributed by atoms with Gasteiger partial charge in [0.15, 0.2) is 0 Å². The monoisotopic (exact) mass is 277 g/mol. The number of halogens is 1. The summed E-state index contributed by atoms with van der Waals surface area (Å²) >= 11 is 6.31. The van der Waals surface area contributed by atoms with E-state index >= 15 is 0 Å². The molecule has 0 aliphatic heterocycles. The van der Waals surface area contributed by atoms with Gasteiger partial charge in [0.05, 0.1) is 16.3 Å². The van der Waals surface area contributed by atoms with E-state index in [1.165, 1.54) is 0 Å². The average Bonchev–Trinajstić information content (AvgIpc) is 2.61. The molecule has 3 nitrogen and oxygen atoms in total. The molecule has 0 aliphatic rings. The van der Waals surface area contributed by atoms with E-state index in [9.17, 15) is 9.90 Å². The summed E-state index contributed by atoms with van der Waals surface area (Å²) in [7, 11) is 0. The number of nitrogens with zero attached hydrogens (tertiary/aromatic N) is 1. The number of benzene rings is 1. The van der Waals surface area contributed by atoms with Gasteiger partial charge in [-0.15, -0.1) is 0 Å². The van der Waals surface area contributed by atoms with E-state index < -0.39 is 5.97 Å². The maximum absolute atomic E-state index is 11.4. The second-order valence-electron chi connectivity index (χ2n) is 4.76. The van der Waals surface area contributed by atoms with Gasteiger partial charge in [0.1, 0.15) is 0 Å². The molecule has 1 aromatic carbocycles. The fourth-order valence-electron chi connectivity index (χ4n) is 2.43. The highest BCUT2D eigenvalue weighted by molar-refractivity contribution is 6.36. The normalized spacial score (nSPS) is 11.0. The molecule has 0 bridgehead atoms. The maximum atomic E-state index is 11.4. The van der Waals surface area contributed by atoms with Crippen molar-refractivity contribution in [3.05, 3.63) is 46.6 Å². The highest BCUT2D eigenvalue weighted by atomic mass is 35.5. The van der Waals surface area contributed by atoms with Gasteiger partial charge in [0.2, 0.25) is 0 Å².